The van der Waals surface area contributed by atoms with Gasteiger partial charge in [-0.2, -0.15) is 5.26 Å². The van der Waals surface area contributed by atoms with Crippen molar-refractivity contribution >= 4 is 0 Å². The van der Waals surface area contributed by atoms with E-state index in [0.29, 0.717) is 23.6 Å². The van der Waals surface area contributed by atoms with Gasteiger partial charge in [0, 0.05) is 5.56 Å². The van der Waals surface area contributed by atoms with Crippen molar-refractivity contribution in [1.29, 1.82) is 5.26 Å². The second kappa shape index (κ2) is 6.58. The molecule has 0 spiro atoms. The number of pyridine rings is 1. The predicted molar refractivity (Wildman–Crippen MR) is 76.7 cm³/mol. The van der Waals surface area contributed by atoms with E-state index in [1.165, 1.54) is 0 Å². The Bertz CT molecular complexity index is 633. The van der Waals surface area contributed by atoms with Crippen LogP contribution in [-0.4, -0.2) is 18.7 Å². The van der Waals surface area contributed by atoms with Gasteiger partial charge in [-0.05, 0) is 24.6 Å². The first-order chi connectivity index (χ1) is 9.80. The van der Waals surface area contributed by atoms with Crippen LogP contribution in [0.4, 0.5) is 0 Å². The van der Waals surface area contributed by atoms with E-state index in [1.54, 1.807) is 19.4 Å². The molecule has 1 heterocycles. The lowest BCUT2D eigenvalue weighted by Gasteiger charge is -2.10. The average molecular weight is 268 g/mol. The van der Waals surface area contributed by atoms with Gasteiger partial charge in [0.05, 0.1) is 31.2 Å². The highest BCUT2D eigenvalue weighted by molar-refractivity contribution is 5.69. The summed E-state index contributed by atoms with van der Waals surface area (Å²) in [4.78, 5) is 4.36. The lowest BCUT2D eigenvalue weighted by molar-refractivity contribution is 0.315. The van der Waals surface area contributed by atoms with E-state index in [4.69, 9.17) is 9.47 Å². The summed E-state index contributed by atoms with van der Waals surface area (Å²) >= 11 is 0. The molecule has 0 saturated heterocycles. The first kappa shape index (κ1) is 13.9. The minimum atomic E-state index is 0.481. The number of hydrogen-bond acceptors (Lipinski definition) is 4. The lowest BCUT2D eigenvalue weighted by atomic mass is 10.1. The quantitative estimate of drug-likeness (QED) is 0.833. The molecule has 0 atom stereocenters. The molecule has 2 aromatic rings. The fraction of sp³-hybridized carbons (Fsp3) is 0.250. The van der Waals surface area contributed by atoms with Gasteiger partial charge in [0.1, 0.15) is 11.8 Å². The molecule has 0 aliphatic heterocycles. The number of rotatable bonds is 5. The van der Waals surface area contributed by atoms with E-state index in [1.807, 2.05) is 31.2 Å². The summed E-state index contributed by atoms with van der Waals surface area (Å²) in [5.41, 5.74) is 2.03. The fourth-order valence-corrected chi connectivity index (χ4v) is 1.86. The van der Waals surface area contributed by atoms with Crippen LogP contribution in [-0.2, 0) is 0 Å². The van der Waals surface area contributed by atoms with Gasteiger partial charge >= 0.3 is 0 Å². The molecule has 0 unspecified atom stereocenters. The van der Waals surface area contributed by atoms with Crippen LogP contribution in [0.2, 0.25) is 0 Å². The van der Waals surface area contributed by atoms with Crippen LogP contribution in [0.15, 0.2) is 36.5 Å². The monoisotopic (exact) mass is 268 g/mol. The maximum atomic E-state index is 9.23. The number of aromatic nitrogens is 1. The lowest BCUT2D eigenvalue weighted by Crippen LogP contribution is -1.99. The van der Waals surface area contributed by atoms with Crippen LogP contribution in [0.5, 0.6) is 11.5 Å². The summed E-state index contributed by atoms with van der Waals surface area (Å²) in [6, 6.07) is 11.5. The third-order valence-electron chi connectivity index (χ3n) is 2.83. The number of methoxy groups -OCH3 is 1. The molecule has 4 heteroatoms. The minimum Gasteiger partial charge on any atom is -0.496 e. The van der Waals surface area contributed by atoms with Crippen LogP contribution in [0.3, 0.4) is 0 Å². The summed E-state index contributed by atoms with van der Waals surface area (Å²) in [5.74, 6) is 1.25. The van der Waals surface area contributed by atoms with Crippen LogP contribution in [0.1, 0.15) is 18.9 Å². The van der Waals surface area contributed by atoms with Crippen molar-refractivity contribution in [2.45, 2.75) is 13.3 Å². The Morgan fingerprint density at radius 2 is 2.05 bits per heavy atom. The molecule has 0 amide bonds. The van der Waals surface area contributed by atoms with Gasteiger partial charge in [-0.25, -0.2) is 0 Å². The van der Waals surface area contributed by atoms with Crippen molar-refractivity contribution in [3.63, 3.8) is 0 Å². The molecule has 2 rings (SSSR count). The smallest absolute Gasteiger partial charge is 0.155 e. The van der Waals surface area contributed by atoms with Crippen LogP contribution in [0, 0.1) is 11.3 Å². The van der Waals surface area contributed by atoms with E-state index in [-0.39, 0.29) is 0 Å². The van der Waals surface area contributed by atoms with E-state index in [0.717, 1.165) is 17.7 Å². The predicted octanol–water partition coefficient (Wildman–Crippen LogP) is 3.42. The standard InChI is InChI=1S/C16H16N2O2/c1-3-8-20-16-11-18-14(9-12(16)10-17)13-6-4-5-7-15(13)19-2/h4-7,9,11H,3,8H2,1-2H3. The molecule has 0 bridgehead atoms. The summed E-state index contributed by atoms with van der Waals surface area (Å²) in [6.07, 6.45) is 2.48. The van der Waals surface area contributed by atoms with Crippen molar-refractivity contribution < 1.29 is 9.47 Å². The van der Waals surface area contributed by atoms with Crippen LogP contribution >= 0.6 is 0 Å². The first-order valence-corrected chi connectivity index (χ1v) is 6.46. The molecule has 0 radical (unpaired) electrons. The first-order valence-electron chi connectivity index (χ1n) is 6.46. The third-order valence-corrected chi connectivity index (χ3v) is 2.83. The molecular weight excluding hydrogens is 252 g/mol. The highest BCUT2D eigenvalue weighted by atomic mass is 16.5. The van der Waals surface area contributed by atoms with Gasteiger partial charge in [-0.15, -0.1) is 0 Å². The zero-order chi connectivity index (χ0) is 14.4. The Morgan fingerprint density at radius 1 is 1.25 bits per heavy atom. The topological polar surface area (TPSA) is 55.1 Å². The number of para-hydroxylation sites is 1. The number of nitriles is 1. The van der Waals surface area contributed by atoms with Crippen molar-refractivity contribution in [2.75, 3.05) is 13.7 Å². The van der Waals surface area contributed by atoms with Crippen molar-refractivity contribution in [2.24, 2.45) is 0 Å². The summed E-state index contributed by atoms with van der Waals surface area (Å²) < 4.78 is 10.8. The number of nitrogens with zero attached hydrogens (tertiary/aromatic N) is 2. The molecule has 0 N–H and O–H groups in total. The van der Waals surface area contributed by atoms with Crippen molar-refractivity contribution in [3.05, 3.63) is 42.1 Å². The highest BCUT2D eigenvalue weighted by Gasteiger charge is 2.10. The third kappa shape index (κ3) is 2.89. The van der Waals surface area contributed by atoms with E-state index in [9.17, 15) is 5.26 Å². The maximum absolute atomic E-state index is 9.23. The van der Waals surface area contributed by atoms with Gasteiger partial charge in [-0.1, -0.05) is 19.1 Å². The Balaban J connectivity index is 2.41. The maximum Gasteiger partial charge on any atom is 0.155 e. The second-order valence-electron chi connectivity index (χ2n) is 4.23. The summed E-state index contributed by atoms with van der Waals surface area (Å²) in [6.45, 7) is 2.59. The van der Waals surface area contributed by atoms with E-state index < -0.39 is 0 Å². The molecule has 0 fully saturated rings. The van der Waals surface area contributed by atoms with E-state index in [2.05, 4.69) is 11.1 Å². The summed E-state index contributed by atoms with van der Waals surface area (Å²) in [5, 5.41) is 9.23. The highest BCUT2D eigenvalue weighted by Crippen LogP contribution is 2.30. The van der Waals surface area contributed by atoms with Crippen molar-refractivity contribution in [3.8, 4) is 28.8 Å². The number of hydrogen-bond donors (Lipinski definition) is 0. The molecule has 20 heavy (non-hydrogen) atoms. The zero-order valence-corrected chi connectivity index (χ0v) is 11.6. The largest absolute Gasteiger partial charge is 0.496 e. The summed E-state index contributed by atoms with van der Waals surface area (Å²) in [7, 11) is 1.61. The normalized spacial score (nSPS) is 9.85. The molecule has 4 nitrogen and oxygen atoms in total. The molecule has 1 aromatic carbocycles. The van der Waals surface area contributed by atoms with Crippen molar-refractivity contribution in [1.82, 2.24) is 4.98 Å². The zero-order valence-electron chi connectivity index (χ0n) is 11.6. The minimum absolute atomic E-state index is 0.481. The Hall–Kier alpha value is -2.54. The molecule has 0 aliphatic rings. The molecular formula is C16H16N2O2. The van der Waals surface area contributed by atoms with Crippen LogP contribution in [0.25, 0.3) is 11.3 Å². The van der Waals surface area contributed by atoms with Gasteiger partial charge in [0.25, 0.3) is 0 Å². The fourth-order valence-electron chi connectivity index (χ4n) is 1.86. The molecule has 1 aromatic heterocycles. The Kier molecular flexibility index (Phi) is 4.56. The second-order valence-corrected chi connectivity index (χ2v) is 4.23. The van der Waals surface area contributed by atoms with Gasteiger partial charge in [0.2, 0.25) is 0 Å². The number of benzene rings is 1. The molecule has 0 saturated carbocycles. The molecule has 0 aliphatic carbocycles. The Labute approximate surface area is 118 Å². The number of ether oxygens (including phenoxy) is 2. The Morgan fingerprint density at radius 3 is 2.75 bits per heavy atom. The van der Waals surface area contributed by atoms with E-state index >= 15 is 0 Å². The van der Waals surface area contributed by atoms with Gasteiger partial charge < -0.3 is 9.47 Å². The van der Waals surface area contributed by atoms with Crippen LogP contribution < -0.4 is 9.47 Å². The average Bonchev–Trinajstić information content (AvgIpc) is 2.52. The molecule has 102 valence electrons. The van der Waals surface area contributed by atoms with Gasteiger partial charge in [0.15, 0.2) is 5.75 Å². The van der Waals surface area contributed by atoms with Gasteiger partial charge in [-0.3, -0.25) is 4.98 Å². The SMILES string of the molecule is CCCOc1cnc(-c2ccccc2OC)cc1C#N.